The lowest BCUT2D eigenvalue weighted by molar-refractivity contribution is -0.117. The highest BCUT2D eigenvalue weighted by atomic mass is 16.2. The van der Waals surface area contributed by atoms with E-state index in [0.29, 0.717) is 5.69 Å². The average Bonchev–Trinajstić information content (AvgIpc) is 2.66. The third-order valence-electron chi connectivity index (χ3n) is 4.19. The van der Waals surface area contributed by atoms with Gasteiger partial charge in [-0.3, -0.25) is 14.4 Å². The lowest BCUT2D eigenvalue weighted by Gasteiger charge is -2.16. The van der Waals surface area contributed by atoms with E-state index in [9.17, 15) is 14.4 Å². The number of nitrogens with one attached hydrogen (secondary N) is 2. The SMILES string of the molecule is CC(=O)N(C)c1ccc(NCC(=O)Nc2ccc(N(C)C(C)=O)cc2)cc1. The number of anilines is 4. The molecule has 2 aromatic carbocycles. The molecule has 0 aliphatic rings. The fourth-order valence-corrected chi connectivity index (χ4v) is 2.32. The first kappa shape index (κ1) is 20.0. The van der Waals surface area contributed by atoms with Crippen LogP contribution in [0.2, 0.25) is 0 Å². The van der Waals surface area contributed by atoms with Crippen LogP contribution in [0.3, 0.4) is 0 Å². The number of carbonyl (C=O) groups is 3. The van der Waals surface area contributed by atoms with Gasteiger partial charge in [0.1, 0.15) is 0 Å². The molecule has 0 atom stereocenters. The molecule has 27 heavy (non-hydrogen) atoms. The monoisotopic (exact) mass is 368 g/mol. The zero-order valence-electron chi connectivity index (χ0n) is 15.9. The van der Waals surface area contributed by atoms with E-state index >= 15 is 0 Å². The molecule has 0 aliphatic heterocycles. The van der Waals surface area contributed by atoms with Gasteiger partial charge in [-0.25, -0.2) is 0 Å². The smallest absolute Gasteiger partial charge is 0.243 e. The Morgan fingerprint density at radius 3 is 1.56 bits per heavy atom. The Hall–Kier alpha value is -3.35. The van der Waals surface area contributed by atoms with Gasteiger partial charge in [-0.05, 0) is 48.5 Å². The highest BCUT2D eigenvalue weighted by Crippen LogP contribution is 2.18. The maximum Gasteiger partial charge on any atom is 0.243 e. The van der Waals surface area contributed by atoms with Gasteiger partial charge in [0, 0.05) is 50.7 Å². The van der Waals surface area contributed by atoms with Gasteiger partial charge < -0.3 is 20.4 Å². The Labute approximate surface area is 159 Å². The predicted octanol–water partition coefficient (Wildman–Crippen LogP) is 2.70. The number of carbonyl (C=O) groups excluding carboxylic acids is 3. The minimum absolute atomic E-state index is 0.0457. The topological polar surface area (TPSA) is 81.8 Å². The van der Waals surface area contributed by atoms with Gasteiger partial charge in [-0.15, -0.1) is 0 Å². The Balaban J connectivity index is 1.87. The predicted molar refractivity (Wildman–Crippen MR) is 108 cm³/mol. The summed E-state index contributed by atoms with van der Waals surface area (Å²) < 4.78 is 0. The van der Waals surface area contributed by atoms with E-state index in [1.54, 1.807) is 43.3 Å². The number of rotatable bonds is 6. The number of benzene rings is 2. The molecule has 0 fully saturated rings. The first-order chi connectivity index (χ1) is 12.8. The van der Waals surface area contributed by atoms with Crippen molar-refractivity contribution in [3.63, 3.8) is 0 Å². The highest BCUT2D eigenvalue weighted by molar-refractivity contribution is 5.95. The molecule has 7 nitrogen and oxygen atoms in total. The summed E-state index contributed by atoms with van der Waals surface area (Å²) in [5, 5.41) is 5.83. The molecule has 7 heteroatoms. The van der Waals surface area contributed by atoms with Gasteiger partial charge in [0.15, 0.2) is 0 Å². The summed E-state index contributed by atoms with van der Waals surface area (Å²) in [6.45, 7) is 3.10. The van der Waals surface area contributed by atoms with E-state index in [2.05, 4.69) is 10.6 Å². The van der Waals surface area contributed by atoms with Crippen molar-refractivity contribution >= 4 is 40.5 Å². The summed E-state index contributed by atoms with van der Waals surface area (Å²) in [5.74, 6) is -0.292. The Morgan fingerprint density at radius 2 is 1.15 bits per heavy atom. The van der Waals surface area contributed by atoms with Crippen LogP contribution in [0.15, 0.2) is 48.5 Å². The van der Waals surface area contributed by atoms with Crippen LogP contribution in [0, 0.1) is 0 Å². The third-order valence-corrected chi connectivity index (χ3v) is 4.19. The first-order valence-corrected chi connectivity index (χ1v) is 8.50. The maximum atomic E-state index is 12.1. The second-order valence-corrected chi connectivity index (χ2v) is 6.15. The standard InChI is InChI=1S/C20H24N4O3/c1-14(25)23(3)18-9-5-16(6-10-18)21-13-20(27)22-17-7-11-19(12-8-17)24(4)15(2)26/h5-12,21H,13H2,1-4H3,(H,22,27). The summed E-state index contributed by atoms with van der Waals surface area (Å²) >= 11 is 0. The van der Waals surface area contributed by atoms with Crippen LogP contribution >= 0.6 is 0 Å². The number of hydrogen-bond acceptors (Lipinski definition) is 4. The lowest BCUT2D eigenvalue weighted by Crippen LogP contribution is -2.23. The zero-order valence-corrected chi connectivity index (χ0v) is 15.9. The first-order valence-electron chi connectivity index (χ1n) is 8.50. The van der Waals surface area contributed by atoms with Crippen LogP contribution in [-0.2, 0) is 14.4 Å². The van der Waals surface area contributed by atoms with Crippen molar-refractivity contribution < 1.29 is 14.4 Å². The van der Waals surface area contributed by atoms with Gasteiger partial charge in [-0.1, -0.05) is 0 Å². The molecule has 0 aromatic heterocycles. The average molecular weight is 368 g/mol. The number of amides is 3. The second kappa shape index (κ2) is 8.84. The second-order valence-electron chi connectivity index (χ2n) is 6.15. The normalized spacial score (nSPS) is 10.1. The molecule has 0 unspecified atom stereocenters. The molecule has 0 bridgehead atoms. The van der Waals surface area contributed by atoms with E-state index in [1.807, 2.05) is 24.3 Å². The van der Waals surface area contributed by atoms with Crippen LogP contribution in [0.4, 0.5) is 22.7 Å². The molecular formula is C20H24N4O3. The molecule has 3 amide bonds. The molecule has 0 spiro atoms. The van der Waals surface area contributed by atoms with Crippen molar-refractivity contribution in [1.82, 2.24) is 0 Å². The minimum atomic E-state index is -0.187. The summed E-state index contributed by atoms with van der Waals surface area (Å²) in [6.07, 6.45) is 0. The van der Waals surface area contributed by atoms with Gasteiger partial charge in [0.2, 0.25) is 17.7 Å². The van der Waals surface area contributed by atoms with Gasteiger partial charge in [-0.2, -0.15) is 0 Å². The van der Waals surface area contributed by atoms with Crippen molar-refractivity contribution in [3.8, 4) is 0 Å². The molecule has 0 heterocycles. The largest absolute Gasteiger partial charge is 0.376 e. The molecular weight excluding hydrogens is 344 g/mol. The van der Waals surface area contributed by atoms with E-state index in [1.165, 1.54) is 18.7 Å². The fraction of sp³-hybridized carbons (Fsp3) is 0.250. The van der Waals surface area contributed by atoms with Crippen LogP contribution < -0.4 is 20.4 Å². The molecule has 0 aliphatic carbocycles. The molecule has 142 valence electrons. The van der Waals surface area contributed by atoms with E-state index < -0.39 is 0 Å². The Kier molecular flexibility index (Phi) is 6.54. The van der Waals surface area contributed by atoms with Crippen molar-refractivity contribution in [3.05, 3.63) is 48.5 Å². The van der Waals surface area contributed by atoms with Gasteiger partial charge >= 0.3 is 0 Å². The number of nitrogens with zero attached hydrogens (tertiary/aromatic N) is 2. The molecule has 2 N–H and O–H groups in total. The van der Waals surface area contributed by atoms with Gasteiger partial charge in [0.05, 0.1) is 6.54 Å². The van der Waals surface area contributed by atoms with Crippen LogP contribution in [-0.4, -0.2) is 38.4 Å². The summed E-state index contributed by atoms with van der Waals surface area (Å²) in [6, 6.07) is 14.3. The van der Waals surface area contributed by atoms with E-state index in [4.69, 9.17) is 0 Å². The molecule has 2 rings (SSSR count). The van der Waals surface area contributed by atoms with Crippen LogP contribution in [0.5, 0.6) is 0 Å². The molecule has 0 saturated carbocycles. The maximum absolute atomic E-state index is 12.1. The Bertz CT molecular complexity index is 816. The molecule has 0 radical (unpaired) electrons. The molecule has 2 aromatic rings. The van der Waals surface area contributed by atoms with Gasteiger partial charge in [0.25, 0.3) is 0 Å². The quantitative estimate of drug-likeness (QED) is 0.821. The third kappa shape index (κ3) is 5.57. The highest BCUT2D eigenvalue weighted by Gasteiger charge is 2.08. The Morgan fingerprint density at radius 1 is 0.741 bits per heavy atom. The fourth-order valence-electron chi connectivity index (χ4n) is 2.32. The van der Waals surface area contributed by atoms with Crippen molar-refractivity contribution in [2.24, 2.45) is 0 Å². The zero-order chi connectivity index (χ0) is 20.0. The molecule has 0 saturated heterocycles. The van der Waals surface area contributed by atoms with Crippen LogP contribution in [0.1, 0.15) is 13.8 Å². The van der Waals surface area contributed by atoms with Crippen molar-refractivity contribution in [2.45, 2.75) is 13.8 Å². The van der Waals surface area contributed by atoms with Crippen LogP contribution in [0.25, 0.3) is 0 Å². The summed E-state index contributed by atoms with van der Waals surface area (Å²) in [5.41, 5.74) is 2.98. The van der Waals surface area contributed by atoms with E-state index in [-0.39, 0.29) is 24.3 Å². The van der Waals surface area contributed by atoms with E-state index in [0.717, 1.165) is 17.1 Å². The number of hydrogen-bond donors (Lipinski definition) is 2. The lowest BCUT2D eigenvalue weighted by atomic mass is 10.2. The minimum Gasteiger partial charge on any atom is -0.376 e. The summed E-state index contributed by atoms with van der Waals surface area (Å²) in [7, 11) is 3.40. The summed E-state index contributed by atoms with van der Waals surface area (Å²) in [4.78, 5) is 37.9. The van der Waals surface area contributed by atoms with Crippen molar-refractivity contribution in [2.75, 3.05) is 41.1 Å². The van der Waals surface area contributed by atoms with Crippen molar-refractivity contribution in [1.29, 1.82) is 0 Å².